The van der Waals surface area contributed by atoms with E-state index in [0.29, 0.717) is 0 Å². The van der Waals surface area contributed by atoms with Gasteiger partial charge in [-0.2, -0.15) is 0 Å². The molecule has 2 nitrogen and oxygen atoms in total. The van der Waals surface area contributed by atoms with Crippen LogP contribution in [0, 0.1) is 0 Å². The molecule has 0 aromatic heterocycles. The lowest BCUT2D eigenvalue weighted by Crippen LogP contribution is -2.17. The van der Waals surface area contributed by atoms with Gasteiger partial charge in [0.2, 0.25) is 0 Å². The zero-order chi connectivity index (χ0) is 8.72. The van der Waals surface area contributed by atoms with Crippen molar-refractivity contribution in [3.63, 3.8) is 0 Å². The Balaban J connectivity index is 2.61. The molecule has 0 spiro atoms. The topological polar surface area (TPSA) is 20.3 Å². The van der Waals surface area contributed by atoms with Crippen molar-refractivity contribution in [2.75, 3.05) is 7.05 Å². The Morgan fingerprint density at radius 2 is 2.25 bits per heavy atom. The third kappa shape index (κ3) is 0.966. The molecule has 62 valence electrons. The summed E-state index contributed by atoms with van der Waals surface area (Å²) in [5.41, 5.74) is 1.93. The van der Waals surface area contributed by atoms with Gasteiger partial charge in [0.1, 0.15) is 0 Å². The molecule has 0 atom stereocenters. The molecule has 1 aromatic carbocycles. The molecule has 0 saturated heterocycles. The van der Waals surface area contributed by atoms with E-state index in [-0.39, 0.29) is 5.91 Å². The highest BCUT2D eigenvalue weighted by atomic mass is 79.9. The van der Waals surface area contributed by atoms with Crippen molar-refractivity contribution >= 4 is 21.8 Å². The van der Waals surface area contributed by atoms with Gasteiger partial charge < -0.3 is 4.90 Å². The third-order valence-corrected chi connectivity index (χ3v) is 2.83. The van der Waals surface area contributed by atoms with Gasteiger partial charge in [-0.25, -0.2) is 0 Å². The smallest absolute Gasteiger partial charge is 0.254 e. The number of carbonyl (C=O) groups is 1. The average Bonchev–Trinajstić information content (AvgIpc) is 2.32. The highest BCUT2D eigenvalue weighted by Crippen LogP contribution is 2.27. The molecule has 0 bridgehead atoms. The predicted molar refractivity (Wildman–Crippen MR) is 49.9 cm³/mol. The molecule has 0 fully saturated rings. The number of halogens is 1. The largest absolute Gasteiger partial charge is 0.337 e. The molecule has 0 N–H and O–H groups in total. The monoisotopic (exact) mass is 225 g/mol. The van der Waals surface area contributed by atoms with Crippen LogP contribution >= 0.6 is 15.9 Å². The summed E-state index contributed by atoms with van der Waals surface area (Å²) >= 11 is 3.42. The standard InChI is InChI=1S/C9H8BrNO/c1-11-5-7-6(9(11)12)3-2-4-8(7)10/h2-4H,5H2,1H3. The molecule has 1 heterocycles. The minimum atomic E-state index is 0.117. The SMILES string of the molecule is CN1Cc2c(Br)cccc2C1=O. The first-order valence-electron chi connectivity index (χ1n) is 3.73. The molecule has 0 aliphatic carbocycles. The Kier molecular flexibility index (Phi) is 1.68. The molecule has 0 radical (unpaired) electrons. The van der Waals surface area contributed by atoms with Gasteiger partial charge in [0.15, 0.2) is 0 Å². The van der Waals surface area contributed by atoms with Crippen molar-refractivity contribution in [1.29, 1.82) is 0 Å². The molecular weight excluding hydrogens is 218 g/mol. The maximum Gasteiger partial charge on any atom is 0.254 e. The van der Waals surface area contributed by atoms with Crippen molar-refractivity contribution in [3.8, 4) is 0 Å². The van der Waals surface area contributed by atoms with Gasteiger partial charge in [-0.1, -0.05) is 22.0 Å². The van der Waals surface area contributed by atoms with E-state index < -0.39 is 0 Å². The molecule has 1 aromatic rings. The fourth-order valence-corrected chi connectivity index (χ4v) is 1.93. The molecule has 1 aliphatic rings. The summed E-state index contributed by atoms with van der Waals surface area (Å²) in [4.78, 5) is 13.2. The molecule has 3 heteroatoms. The van der Waals surface area contributed by atoms with E-state index in [1.807, 2.05) is 25.2 Å². The van der Waals surface area contributed by atoms with E-state index in [9.17, 15) is 4.79 Å². The van der Waals surface area contributed by atoms with Gasteiger partial charge in [0.05, 0.1) is 0 Å². The van der Waals surface area contributed by atoms with E-state index in [1.54, 1.807) is 4.90 Å². The normalized spacial score (nSPS) is 15.2. The summed E-state index contributed by atoms with van der Waals surface area (Å²) in [6.07, 6.45) is 0. The van der Waals surface area contributed by atoms with E-state index in [0.717, 1.165) is 22.1 Å². The van der Waals surface area contributed by atoms with Crippen LogP contribution in [0.2, 0.25) is 0 Å². The minimum absolute atomic E-state index is 0.117. The van der Waals surface area contributed by atoms with Gasteiger partial charge in [-0.15, -0.1) is 0 Å². The molecular formula is C9H8BrNO. The summed E-state index contributed by atoms with van der Waals surface area (Å²) < 4.78 is 1.03. The first kappa shape index (κ1) is 7.80. The lowest BCUT2D eigenvalue weighted by molar-refractivity contribution is 0.0816. The Labute approximate surface area is 79.3 Å². The van der Waals surface area contributed by atoms with Crippen LogP contribution in [-0.2, 0) is 6.54 Å². The Morgan fingerprint density at radius 1 is 1.50 bits per heavy atom. The van der Waals surface area contributed by atoms with Crippen molar-refractivity contribution in [2.45, 2.75) is 6.54 Å². The van der Waals surface area contributed by atoms with Crippen LogP contribution < -0.4 is 0 Å². The first-order valence-corrected chi connectivity index (χ1v) is 4.52. The number of fused-ring (bicyclic) bond motifs is 1. The first-order chi connectivity index (χ1) is 5.70. The van der Waals surface area contributed by atoms with Crippen molar-refractivity contribution in [3.05, 3.63) is 33.8 Å². The van der Waals surface area contributed by atoms with Gasteiger partial charge >= 0.3 is 0 Å². The zero-order valence-corrected chi connectivity index (χ0v) is 8.26. The van der Waals surface area contributed by atoms with E-state index >= 15 is 0 Å². The second-order valence-corrected chi connectivity index (χ2v) is 3.78. The number of nitrogens with zero attached hydrogens (tertiary/aromatic N) is 1. The quantitative estimate of drug-likeness (QED) is 0.662. The molecule has 0 unspecified atom stereocenters. The van der Waals surface area contributed by atoms with Crippen molar-refractivity contribution < 1.29 is 4.79 Å². The number of benzene rings is 1. The Hall–Kier alpha value is -0.830. The maximum atomic E-state index is 11.5. The van der Waals surface area contributed by atoms with Crippen LogP contribution in [0.3, 0.4) is 0 Å². The van der Waals surface area contributed by atoms with Crippen molar-refractivity contribution in [2.24, 2.45) is 0 Å². The van der Waals surface area contributed by atoms with Crippen LogP contribution in [0.4, 0.5) is 0 Å². The zero-order valence-electron chi connectivity index (χ0n) is 6.67. The second kappa shape index (κ2) is 2.59. The summed E-state index contributed by atoms with van der Waals surface area (Å²) in [6.45, 7) is 0.718. The molecule has 2 rings (SSSR count). The van der Waals surface area contributed by atoms with Gasteiger partial charge in [0.25, 0.3) is 5.91 Å². The molecule has 0 saturated carbocycles. The summed E-state index contributed by atoms with van der Waals surface area (Å²) in [5.74, 6) is 0.117. The van der Waals surface area contributed by atoms with E-state index in [1.165, 1.54) is 0 Å². The Bertz CT molecular complexity index is 348. The summed E-state index contributed by atoms with van der Waals surface area (Å²) in [5, 5.41) is 0. The van der Waals surface area contributed by atoms with Crippen LogP contribution in [0.1, 0.15) is 15.9 Å². The van der Waals surface area contributed by atoms with E-state index in [2.05, 4.69) is 15.9 Å². The van der Waals surface area contributed by atoms with Crippen LogP contribution in [0.25, 0.3) is 0 Å². The lowest BCUT2D eigenvalue weighted by Gasteiger charge is -2.04. The fraction of sp³-hybridized carbons (Fsp3) is 0.222. The van der Waals surface area contributed by atoms with E-state index in [4.69, 9.17) is 0 Å². The minimum Gasteiger partial charge on any atom is -0.337 e. The number of hydrogen-bond acceptors (Lipinski definition) is 1. The molecule has 1 aliphatic heterocycles. The third-order valence-electron chi connectivity index (χ3n) is 2.09. The van der Waals surface area contributed by atoms with Gasteiger partial charge in [-0.05, 0) is 17.7 Å². The number of hydrogen-bond donors (Lipinski definition) is 0. The van der Waals surface area contributed by atoms with Crippen LogP contribution in [0.15, 0.2) is 22.7 Å². The fourth-order valence-electron chi connectivity index (χ4n) is 1.43. The number of amides is 1. The van der Waals surface area contributed by atoms with Crippen LogP contribution in [0.5, 0.6) is 0 Å². The van der Waals surface area contributed by atoms with Gasteiger partial charge in [-0.3, -0.25) is 4.79 Å². The highest BCUT2D eigenvalue weighted by Gasteiger charge is 2.25. The summed E-state index contributed by atoms with van der Waals surface area (Å²) in [7, 11) is 1.81. The number of carbonyl (C=O) groups excluding carboxylic acids is 1. The van der Waals surface area contributed by atoms with Crippen LogP contribution in [-0.4, -0.2) is 17.9 Å². The second-order valence-electron chi connectivity index (χ2n) is 2.93. The maximum absolute atomic E-state index is 11.5. The Morgan fingerprint density at radius 3 is 2.92 bits per heavy atom. The molecule has 1 amide bonds. The summed E-state index contributed by atoms with van der Waals surface area (Å²) in [6, 6.07) is 5.72. The number of rotatable bonds is 0. The van der Waals surface area contributed by atoms with Gasteiger partial charge in [0, 0.05) is 23.6 Å². The van der Waals surface area contributed by atoms with Crippen molar-refractivity contribution in [1.82, 2.24) is 4.90 Å². The molecule has 12 heavy (non-hydrogen) atoms. The lowest BCUT2D eigenvalue weighted by atomic mass is 10.1. The highest BCUT2D eigenvalue weighted by molar-refractivity contribution is 9.10. The predicted octanol–water partition coefficient (Wildman–Crippen LogP) is 2.03. The average molecular weight is 226 g/mol.